The molecule has 3 aromatic carbocycles. The van der Waals surface area contributed by atoms with Crippen LogP contribution in [0.1, 0.15) is 27.8 Å². The van der Waals surface area contributed by atoms with Crippen molar-refractivity contribution in [3.63, 3.8) is 0 Å². The van der Waals surface area contributed by atoms with Gasteiger partial charge in [0.1, 0.15) is 17.3 Å². The van der Waals surface area contributed by atoms with E-state index in [-0.39, 0.29) is 11.3 Å². The van der Waals surface area contributed by atoms with Gasteiger partial charge in [-0.2, -0.15) is 0 Å². The second kappa shape index (κ2) is 8.04. The number of amides is 2. The summed E-state index contributed by atoms with van der Waals surface area (Å²) >= 11 is 0. The van der Waals surface area contributed by atoms with Crippen LogP contribution in [0.15, 0.2) is 60.3 Å². The number of imide groups is 1. The molecule has 0 bridgehead atoms. The Bertz CT molecular complexity index is 1290. The molecule has 0 aromatic heterocycles. The number of anilines is 2. The summed E-state index contributed by atoms with van der Waals surface area (Å²) in [6, 6.07) is 13.8. The van der Waals surface area contributed by atoms with Crippen molar-refractivity contribution >= 4 is 28.8 Å². The first-order chi connectivity index (χ1) is 15.2. The largest absolute Gasteiger partial charge is 0.350 e. The molecule has 0 unspecified atom stereocenters. The number of carbonyl (C=O) groups excluding carboxylic acids is 2. The molecule has 1 N–H and O–H groups in total. The van der Waals surface area contributed by atoms with Gasteiger partial charge in [0.2, 0.25) is 0 Å². The van der Waals surface area contributed by atoms with Gasteiger partial charge in [-0.3, -0.25) is 9.59 Å². The highest BCUT2D eigenvalue weighted by Gasteiger charge is 2.41. The first-order valence-electron chi connectivity index (χ1n) is 10.2. The lowest BCUT2D eigenvalue weighted by Gasteiger charge is -2.16. The number of benzene rings is 3. The smallest absolute Gasteiger partial charge is 0.282 e. The lowest BCUT2D eigenvalue weighted by Crippen LogP contribution is -2.33. The fraction of sp³-hybridized carbons (Fsp3) is 0.154. The molecular formula is C26H22F2N2O2. The van der Waals surface area contributed by atoms with Gasteiger partial charge in [0, 0.05) is 11.8 Å². The van der Waals surface area contributed by atoms with Gasteiger partial charge >= 0.3 is 0 Å². The Balaban J connectivity index is 1.89. The van der Waals surface area contributed by atoms with Crippen LogP contribution in [0.25, 0.3) is 5.57 Å². The Morgan fingerprint density at radius 1 is 0.750 bits per heavy atom. The fourth-order valence-corrected chi connectivity index (χ4v) is 3.88. The number of hydrogen-bond acceptors (Lipinski definition) is 3. The highest BCUT2D eigenvalue weighted by atomic mass is 19.1. The van der Waals surface area contributed by atoms with Crippen molar-refractivity contribution in [2.75, 3.05) is 10.2 Å². The Hall–Kier alpha value is -3.80. The van der Waals surface area contributed by atoms with Gasteiger partial charge in [-0.25, -0.2) is 13.7 Å². The number of nitrogens with one attached hydrogen (secondary N) is 1. The van der Waals surface area contributed by atoms with Crippen molar-refractivity contribution in [1.82, 2.24) is 0 Å². The van der Waals surface area contributed by atoms with Crippen LogP contribution in [-0.4, -0.2) is 11.8 Å². The summed E-state index contributed by atoms with van der Waals surface area (Å²) in [6.07, 6.45) is 0. The third kappa shape index (κ3) is 3.80. The van der Waals surface area contributed by atoms with E-state index in [4.69, 9.17) is 0 Å². The molecule has 162 valence electrons. The highest BCUT2D eigenvalue weighted by molar-refractivity contribution is 6.46. The maximum Gasteiger partial charge on any atom is 0.282 e. The van der Waals surface area contributed by atoms with E-state index in [2.05, 4.69) is 5.32 Å². The lowest BCUT2D eigenvalue weighted by atomic mass is 9.99. The van der Waals surface area contributed by atoms with Gasteiger partial charge in [0.25, 0.3) is 11.8 Å². The molecule has 0 saturated carbocycles. The molecule has 1 aliphatic heterocycles. The van der Waals surface area contributed by atoms with Crippen LogP contribution >= 0.6 is 0 Å². The molecule has 1 heterocycles. The molecule has 0 fully saturated rings. The Morgan fingerprint density at radius 2 is 1.44 bits per heavy atom. The lowest BCUT2D eigenvalue weighted by molar-refractivity contribution is -0.120. The van der Waals surface area contributed by atoms with Crippen LogP contribution in [-0.2, 0) is 9.59 Å². The summed E-state index contributed by atoms with van der Waals surface area (Å²) in [4.78, 5) is 27.5. The van der Waals surface area contributed by atoms with Crippen LogP contribution in [0, 0.1) is 39.3 Å². The quantitative estimate of drug-likeness (QED) is 0.547. The van der Waals surface area contributed by atoms with Crippen LogP contribution < -0.4 is 10.2 Å². The molecule has 6 heteroatoms. The van der Waals surface area contributed by atoms with Gasteiger partial charge < -0.3 is 5.32 Å². The number of nitrogens with zero attached hydrogens (tertiary/aromatic N) is 1. The molecule has 0 spiro atoms. The molecule has 0 radical (unpaired) electrons. The topological polar surface area (TPSA) is 49.4 Å². The van der Waals surface area contributed by atoms with E-state index in [1.54, 1.807) is 6.07 Å². The third-order valence-corrected chi connectivity index (χ3v) is 5.52. The number of hydrogen-bond donors (Lipinski definition) is 1. The fourth-order valence-electron chi connectivity index (χ4n) is 3.88. The van der Waals surface area contributed by atoms with Crippen molar-refractivity contribution in [2.24, 2.45) is 0 Å². The summed E-state index contributed by atoms with van der Waals surface area (Å²) in [5.74, 6) is -3.06. The summed E-state index contributed by atoms with van der Waals surface area (Å²) in [6.45, 7) is 7.69. The minimum Gasteiger partial charge on any atom is -0.350 e. The minimum absolute atomic E-state index is 0.0203. The average molecular weight is 432 g/mol. The van der Waals surface area contributed by atoms with Crippen LogP contribution in [0.2, 0.25) is 0 Å². The molecule has 3 aromatic rings. The van der Waals surface area contributed by atoms with E-state index in [1.807, 2.05) is 58.0 Å². The van der Waals surface area contributed by atoms with E-state index in [0.717, 1.165) is 40.5 Å². The van der Waals surface area contributed by atoms with Gasteiger partial charge in [0.05, 0.1) is 11.3 Å². The van der Waals surface area contributed by atoms with Gasteiger partial charge in [0.15, 0.2) is 0 Å². The average Bonchev–Trinajstić information content (AvgIpc) is 2.95. The molecule has 0 saturated heterocycles. The van der Waals surface area contributed by atoms with E-state index in [9.17, 15) is 18.4 Å². The van der Waals surface area contributed by atoms with Gasteiger partial charge in [-0.1, -0.05) is 24.3 Å². The molecule has 1 aliphatic rings. The third-order valence-electron chi connectivity index (χ3n) is 5.52. The molecule has 32 heavy (non-hydrogen) atoms. The maximum absolute atomic E-state index is 14.5. The first kappa shape index (κ1) is 21.4. The van der Waals surface area contributed by atoms with E-state index < -0.39 is 29.1 Å². The summed E-state index contributed by atoms with van der Waals surface area (Å²) in [7, 11) is 0. The molecule has 4 nitrogen and oxygen atoms in total. The highest BCUT2D eigenvalue weighted by Crippen LogP contribution is 2.36. The Kier molecular flexibility index (Phi) is 5.38. The zero-order valence-electron chi connectivity index (χ0n) is 18.2. The second-order valence-corrected chi connectivity index (χ2v) is 8.09. The molecular weight excluding hydrogens is 410 g/mol. The number of rotatable bonds is 4. The number of aryl methyl sites for hydroxylation is 4. The summed E-state index contributed by atoms with van der Waals surface area (Å²) in [5.41, 5.74) is 4.79. The van der Waals surface area contributed by atoms with Crippen LogP contribution in [0.3, 0.4) is 0 Å². The van der Waals surface area contributed by atoms with Gasteiger partial charge in [-0.05, 0) is 79.8 Å². The molecule has 2 amide bonds. The zero-order chi connectivity index (χ0) is 23.2. The number of halogens is 2. The SMILES string of the molecule is Cc1cc(C)cc(NC2=C(c3ccc(C)c(C)c3)C(=O)N(c3cc(F)ccc3F)C2=O)c1. The van der Waals surface area contributed by atoms with Gasteiger partial charge in [-0.15, -0.1) is 0 Å². The maximum atomic E-state index is 14.5. The van der Waals surface area contributed by atoms with Crippen molar-refractivity contribution in [2.45, 2.75) is 27.7 Å². The molecule has 4 rings (SSSR count). The summed E-state index contributed by atoms with van der Waals surface area (Å²) < 4.78 is 28.4. The van der Waals surface area contributed by atoms with E-state index in [1.165, 1.54) is 0 Å². The summed E-state index contributed by atoms with van der Waals surface area (Å²) in [5, 5.41) is 3.07. The van der Waals surface area contributed by atoms with Crippen molar-refractivity contribution in [1.29, 1.82) is 0 Å². The first-order valence-corrected chi connectivity index (χ1v) is 10.2. The predicted octanol–water partition coefficient (Wildman–Crippen LogP) is 5.60. The van der Waals surface area contributed by atoms with Crippen LogP contribution in [0.4, 0.5) is 20.2 Å². The van der Waals surface area contributed by atoms with Crippen LogP contribution in [0.5, 0.6) is 0 Å². The Labute approximate surface area is 185 Å². The minimum atomic E-state index is -0.861. The van der Waals surface area contributed by atoms with Crippen molar-refractivity contribution in [3.05, 3.63) is 99.7 Å². The monoisotopic (exact) mass is 432 g/mol. The molecule has 0 atom stereocenters. The second-order valence-electron chi connectivity index (χ2n) is 8.09. The van der Waals surface area contributed by atoms with E-state index >= 15 is 0 Å². The Morgan fingerprint density at radius 3 is 2.09 bits per heavy atom. The predicted molar refractivity (Wildman–Crippen MR) is 121 cm³/mol. The van der Waals surface area contributed by atoms with Crippen molar-refractivity contribution < 1.29 is 18.4 Å². The van der Waals surface area contributed by atoms with Crippen molar-refractivity contribution in [3.8, 4) is 0 Å². The standard InChI is InChI=1S/C26H22F2N2O2/c1-14-9-15(2)11-20(10-14)29-24-23(18-6-5-16(3)17(4)12-18)25(31)30(26(24)32)22-13-19(27)7-8-21(22)28/h5-13,29H,1-4H3. The normalized spacial score (nSPS) is 13.9. The number of carbonyl (C=O) groups is 2. The zero-order valence-corrected chi connectivity index (χ0v) is 18.2. The van der Waals surface area contributed by atoms with E-state index in [0.29, 0.717) is 16.2 Å². The molecule has 0 aliphatic carbocycles.